The number of nitrogen functional groups attached to an aromatic ring is 1. The number of hydrogen-bond donors (Lipinski definition) is 1. The van der Waals surface area contributed by atoms with Crippen LogP contribution in [-0.4, -0.2) is 28.2 Å². The molecule has 0 saturated carbocycles. The molecule has 2 aromatic carbocycles. The van der Waals surface area contributed by atoms with Crippen molar-refractivity contribution in [1.29, 1.82) is 0 Å². The Morgan fingerprint density at radius 3 is 2.60 bits per heavy atom. The third kappa shape index (κ3) is 3.36. The summed E-state index contributed by atoms with van der Waals surface area (Å²) in [5.41, 5.74) is 3.18. The molecule has 2 N–H and O–H groups in total. The van der Waals surface area contributed by atoms with Crippen LogP contribution in [-0.2, 0) is 19.6 Å². The van der Waals surface area contributed by atoms with Gasteiger partial charge in [0.15, 0.2) is 5.82 Å². The van der Waals surface area contributed by atoms with Crippen molar-refractivity contribution in [2.75, 3.05) is 19.4 Å². The van der Waals surface area contributed by atoms with Crippen LogP contribution in [0.15, 0.2) is 59.4 Å². The van der Waals surface area contributed by atoms with E-state index in [1.807, 2.05) is 42.5 Å². The van der Waals surface area contributed by atoms with Gasteiger partial charge in [0.2, 0.25) is 0 Å². The van der Waals surface area contributed by atoms with E-state index >= 15 is 0 Å². The molecule has 0 spiro atoms. The highest BCUT2D eigenvalue weighted by molar-refractivity contribution is 7.18. The summed E-state index contributed by atoms with van der Waals surface area (Å²) >= 11 is 1.58. The molecule has 3 heterocycles. The lowest BCUT2D eigenvalue weighted by Crippen LogP contribution is -2.33. The fourth-order valence-corrected chi connectivity index (χ4v) is 5.16. The highest BCUT2D eigenvalue weighted by Gasteiger charge is 2.23. The molecule has 0 atom stereocenters. The van der Waals surface area contributed by atoms with Gasteiger partial charge in [-0.15, -0.1) is 11.3 Å². The Kier molecular flexibility index (Phi) is 4.77. The summed E-state index contributed by atoms with van der Waals surface area (Å²) < 4.78 is 7.01. The molecule has 0 saturated heterocycles. The number of hydrogen-bond acceptors (Lipinski definition) is 6. The first kappa shape index (κ1) is 18.8. The van der Waals surface area contributed by atoms with Crippen molar-refractivity contribution in [3.8, 4) is 16.9 Å². The summed E-state index contributed by atoms with van der Waals surface area (Å²) in [4.78, 5) is 21.8. The van der Waals surface area contributed by atoms with Crippen molar-refractivity contribution in [2.24, 2.45) is 0 Å². The lowest BCUT2D eigenvalue weighted by molar-refractivity contribution is 0.291. The van der Waals surface area contributed by atoms with Crippen LogP contribution in [0.3, 0.4) is 0 Å². The van der Waals surface area contributed by atoms with Crippen LogP contribution in [0.25, 0.3) is 21.3 Å². The second kappa shape index (κ2) is 7.59. The van der Waals surface area contributed by atoms with E-state index in [0.29, 0.717) is 17.0 Å². The third-order valence-electron chi connectivity index (χ3n) is 5.50. The molecule has 0 radical (unpaired) electrons. The first-order valence-corrected chi connectivity index (χ1v) is 10.7. The Labute approximate surface area is 178 Å². The topological polar surface area (TPSA) is 73.4 Å². The first-order chi connectivity index (χ1) is 14.6. The lowest BCUT2D eigenvalue weighted by atomic mass is 10.1. The molecule has 1 aliphatic heterocycles. The minimum atomic E-state index is -0.194. The Balaban J connectivity index is 1.39. The molecule has 0 amide bonds. The zero-order valence-corrected chi connectivity index (χ0v) is 17.5. The van der Waals surface area contributed by atoms with E-state index in [2.05, 4.69) is 29.1 Å². The summed E-state index contributed by atoms with van der Waals surface area (Å²) in [6.45, 7) is 1.92. The van der Waals surface area contributed by atoms with Gasteiger partial charge < -0.3 is 15.5 Å². The molecule has 0 unspecified atom stereocenters. The van der Waals surface area contributed by atoms with E-state index < -0.39 is 0 Å². The molecule has 6 nitrogen and oxygen atoms in total. The molecule has 0 fully saturated rings. The maximum Gasteiger partial charge on any atom is 0.281 e. The van der Waals surface area contributed by atoms with Crippen molar-refractivity contribution in [2.45, 2.75) is 19.6 Å². The minimum absolute atomic E-state index is 0.134. The van der Waals surface area contributed by atoms with Gasteiger partial charge in [-0.25, -0.2) is 9.66 Å². The maximum atomic E-state index is 12.9. The highest BCUT2D eigenvalue weighted by atomic mass is 32.1. The third-order valence-corrected chi connectivity index (χ3v) is 6.61. The van der Waals surface area contributed by atoms with E-state index in [9.17, 15) is 4.79 Å². The van der Waals surface area contributed by atoms with Gasteiger partial charge in [-0.05, 0) is 42.3 Å². The van der Waals surface area contributed by atoms with Crippen molar-refractivity contribution in [3.63, 3.8) is 0 Å². The standard InChI is InChI=1S/C23H22N4O2S/c1-26-12-11-18-19(13-26)30-22-21(18)23(28)27(24)20(25-22)14-29-17-9-7-16(8-10-17)15-5-3-2-4-6-15/h2-10H,11-14,24H2,1H3. The first-order valence-electron chi connectivity index (χ1n) is 9.88. The van der Waals surface area contributed by atoms with E-state index in [-0.39, 0.29) is 12.2 Å². The molecule has 0 bridgehead atoms. The summed E-state index contributed by atoms with van der Waals surface area (Å²) in [5.74, 6) is 7.22. The number of benzene rings is 2. The van der Waals surface area contributed by atoms with E-state index in [4.69, 9.17) is 10.6 Å². The molecule has 152 valence electrons. The quantitative estimate of drug-likeness (QED) is 0.514. The molecule has 30 heavy (non-hydrogen) atoms. The predicted octanol–water partition coefficient (Wildman–Crippen LogP) is 3.41. The summed E-state index contributed by atoms with van der Waals surface area (Å²) in [6.07, 6.45) is 0.854. The summed E-state index contributed by atoms with van der Waals surface area (Å²) in [7, 11) is 2.09. The number of ether oxygens (including phenoxy) is 1. The van der Waals surface area contributed by atoms with Crippen LogP contribution < -0.4 is 16.1 Å². The Morgan fingerprint density at radius 1 is 1.10 bits per heavy atom. The van der Waals surface area contributed by atoms with Crippen molar-refractivity contribution >= 4 is 21.6 Å². The van der Waals surface area contributed by atoms with Gasteiger partial charge in [0, 0.05) is 18.0 Å². The predicted molar refractivity (Wildman–Crippen MR) is 120 cm³/mol. The van der Waals surface area contributed by atoms with Crippen molar-refractivity contribution in [1.82, 2.24) is 14.6 Å². The van der Waals surface area contributed by atoms with Gasteiger partial charge >= 0.3 is 0 Å². The SMILES string of the molecule is CN1CCc2c(sc3nc(COc4ccc(-c5ccccc5)cc4)n(N)c(=O)c23)C1. The summed E-state index contributed by atoms with van der Waals surface area (Å²) in [6, 6.07) is 18.0. The average Bonchev–Trinajstić information content (AvgIpc) is 3.13. The zero-order valence-electron chi connectivity index (χ0n) is 16.7. The van der Waals surface area contributed by atoms with Gasteiger partial charge in [-0.2, -0.15) is 0 Å². The number of aromatic nitrogens is 2. The molecule has 1 aliphatic rings. The van der Waals surface area contributed by atoms with Crippen LogP contribution in [0.2, 0.25) is 0 Å². The number of likely N-dealkylation sites (N-methyl/N-ethyl adjacent to an activating group) is 1. The average molecular weight is 419 g/mol. The lowest BCUT2D eigenvalue weighted by Gasteiger charge is -2.21. The van der Waals surface area contributed by atoms with Gasteiger partial charge in [0.1, 0.15) is 17.2 Å². The monoisotopic (exact) mass is 418 g/mol. The number of nitrogens with zero attached hydrogens (tertiary/aromatic N) is 3. The maximum absolute atomic E-state index is 12.9. The highest BCUT2D eigenvalue weighted by Crippen LogP contribution is 2.32. The van der Waals surface area contributed by atoms with E-state index in [1.165, 1.54) is 4.88 Å². The molecule has 4 aromatic rings. The number of rotatable bonds is 4. The van der Waals surface area contributed by atoms with Crippen molar-refractivity contribution in [3.05, 3.63) is 81.2 Å². The molecular weight excluding hydrogens is 396 g/mol. The van der Waals surface area contributed by atoms with Gasteiger partial charge in [-0.3, -0.25) is 4.79 Å². The van der Waals surface area contributed by atoms with E-state index in [1.54, 1.807) is 11.3 Å². The number of thiophene rings is 1. The van der Waals surface area contributed by atoms with Crippen LogP contribution in [0, 0.1) is 0 Å². The Bertz CT molecular complexity index is 1260. The fraction of sp³-hybridized carbons (Fsp3) is 0.217. The molecule has 0 aliphatic carbocycles. The molecule has 5 rings (SSSR count). The second-order valence-electron chi connectivity index (χ2n) is 7.55. The number of nitrogens with two attached hydrogens (primary N) is 1. The smallest absolute Gasteiger partial charge is 0.281 e. The van der Waals surface area contributed by atoms with Gasteiger partial charge in [0.25, 0.3) is 5.56 Å². The number of fused-ring (bicyclic) bond motifs is 3. The Morgan fingerprint density at radius 2 is 1.83 bits per heavy atom. The minimum Gasteiger partial charge on any atom is -0.486 e. The fourth-order valence-electron chi connectivity index (χ4n) is 3.85. The second-order valence-corrected chi connectivity index (χ2v) is 8.64. The molecule has 2 aromatic heterocycles. The largest absolute Gasteiger partial charge is 0.486 e. The van der Waals surface area contributed by atoms with Crippen LogP contribution in [0.1, 0.15) is 16.3 Å². The zero-order chi connectivity index (χ0) is 20.7. The van der Waals surface area contributed by atoms with Crippen molar-refractivity contribution < 1.29 is 4.74 Å². The summed E-state index contributed by atoms with van der Waals surface area (Å²) in [5, 5.41) is 0.668. The van der Waals surface area contributed by atoms with E-state index in [0.717, 1.165) is 45.7 Å². The van der Waals surface area contributed by atoms with Gasteiger partial charge in [0.05, 0.1) is 5.39 Å². The molecular formula is C23H22N4O2S. The van der Waals surface area contributed by atoms with Crippen LogP contribution >= 0.6 is 11.3 Å². The van der Waals surface area contributed by atoms with Crippen LogP contribution in [0.5, 0.6) is 5.75 Å². The van der Waals surface area contributed by atoms with Gasteiger partial charge in [-0.1, -0.05) is 42.5 Å². The molecule has 7 heteroatoms. The van der Waals surface area contributed by atoms with Crippen LogP contribution in [0.4, 0.5) is 0 Å². The Hall–Kier alpha value is -3.16. The normalized spacial score (nSPS) is 14.0.